The molecule has 0 heterocycles. The van der Waals surface area contributed by atoms with Crippen LogP contribution in [0.4, 0.5) is 0 Å². The van der Waals surface area contributed by atoms with E-state index in [-0.39, 0.29) is 12.2 Å². The van der Waals surface area contributed by atoms with Crippen molar-refractivity contribution in [3.8, 4) is 0 Å². The zero-order valence-corrected chi connectivity index (χ0v) is 12.3. The molecule has 0 bridgehead atoms. The van der Waals surface area contributed by atoms with Gasteiger partial charge >= 0.3 is 5.97 Å². The lowest BCUT2D eigenvalue weighted by Gasteiger charge is -2.16. The summed E-state index contributed by atoms with van der Waals surface area (Å²) in [7, 11) is -4.44. The van der Waals surface area contributed by atoms with Crippen LogP contribution in [0, 0.1) is 0 Å². The number of carbonyl (C=O) groups excluding carboxylic acids is 2. The van der Waals surface area contributed by atoms with Crippen molar-refractivity contribution in [3.63, 3.8) is 0 Å². The Labute approximate surface area is 123 Å². The normalized spacial score (nSPS) is 12.5. The van der Waals surface area contributed by atoms with E-state index in [0.717, 1.165) is 0 Å². The van der Waals surface area contributed by atoms with E-state index in [4.69, 9.17) is 9.29 Å². The quantitative estimate of drug-likeness (QED) is 0.564. The number of carbonyl (C=O) groups is 2. The fourth-order valence-electron chi connectivity index (χ4n) is 1.51. The highest BCUT2D eigenvalue weighted by molar-refractivity contribution is 7.85. The summed E-state index contributed by atoms with van der Waals surface area (Å²) < 4.78 is 35.5. The van der Waals surface area contributed by atoms with Gasteiger partial charge in [0.2, 0.25) is 0 Å². The highest BCUT2D eigenvalue weighted by Gasteiger charge is 2.27. The second kappa shape index (κ2) is 7.75. The van der Waals surface area contributed by atoms with Gasteiger partial charge < -0.3 is 10.1 Å². The Morgan fingerprint density at radius 3 is 2.43 bits per heavy atom. The summed E-state index contributed by atoms with van der Waals surface area (Å²) in [6.07, 6.45) is 0.553. The number of esters is 1. The topological polar surface area (TPSA) is 110 Å². The zero-order valence-electron chi connectivity index (χ0n) is 11.5. The van der Waals surface area contributed by atoms with E-state index in [2.05, 4.69) is 5.32 Å². The molecule has 1 aromatic rings. The van der Waals surface area contributed by atoms with Crippen LogP contribution in [0.3, 0.4) is 0 Å². The fourth-order valence-corrected chi connectivity index (χ4v) is 2.15. The number of ether oxygens (including phenoxy) is 1. The van der Waals surface area contributed by atoms with Crippen LogP contribution in [0.15, 0.2) is 30.3 Å². The molecule has 1 unspecified atom stereocenters. The van der Waals surface area contributed by atoms with Gasteiger partial charge in [0.1, 0.15) is 11.8 Å². The van der Waals surface area contributed by atoms with Crippen molar-refractivity contribution in [2.24, 2.45) is 0 Å². The maximum Gasteiger partial charge on any atom is 0.329 e. The molecule has 1 amide bonds. The third-order valence-electron chi connectivity index (χ3n) is 2.45. The maximum atomic E-state index is 11.9. The smallest absolute Gasteiger partial charge is 0.329 e. The van der Waals surface area contributed by atoms with Crippen LogP contribution in [0.25, 0.3) is 0 Å². The molecule has 0 spiro atoms. The third-order valence-corrected chi connectivity index (χ3v) is 3.21. The lowest BCUT2D eigenvalue weighted by Crippen LogP contribution is -2.46. The summed E-state index contributed by atoms with van der Waals surface area (Å²) in [4.78, 5) is 23.7. The predicted molar refractivity (Wildman–Crippen MR) is 75.4 cm³/mol. The summed E-state index contributed by atoms with van der Waals surface area (Å²) in [5.74, 6) is -2.47. The first kappa shape index (κ1) is 17.1. The number of amides is 1. The molecule has 0 saturated heterocycles. The molecule has 21 heavy (non-hydrogen) atoms. The molecule has 2 N–H and O–H groups in total. The van der Waals surface area contributed by atoms with E-state index >= 15 is 0 Å². The second-order valence-electron chi connectivity index (χ2n) is 4.31. The van der Waals surface area contributed by atoms with E-state index in [1.807, 2.05) is 0 Å². The van der Waals surface area contributed by atoms with Gasteiger partial charge in [0.05, 0.1) is 6.61 Å². The van der Waals surface area contributed by atoms with Crippen LogP contribution < -0.4 is 5.32 Å². The molecule has 0 aliphatic heterocycles. The number of rotatable bonds is 7. The molecule has 0 aliphatic rings. The van der Waals surface area contributed by atoms with Gasteiger partial charge in [-0.3, -0.25) is 9.35 Å². The van der Waals surface area contributed by atoms with E-state index in [1.165, 1.54) is 12.1 Å². The van der Waals surface area contributed by atoms with Crippen molar-refractivity contribution < 1.29 is 27.3 Å². The Morgan fingerprint density at radius 2 is 1.90 bits per heavy atom. The highest BCUT2D eigenvalue weighted by atomic mass is 32.2. The van der Waals surface area contributed by atoms with Crippen LogP contribution in [0.5, 0.6) is 0 Å². The third kappa shape index (κ3) is 6.37. The summed E-state index contributed by atoms with van der Waals surface area (Å²) in [6.45, 7) is 1.87. The first-order valence-corrected chi connectivity index (χ1v) is 7.92. The molecule has 0 aromatic heterocycles. The van der Waals surface area contributed by atoms with Gasteiger partial charge in [-0.1, -0.05) is 25.1 Å². The van der Waals surface area contributed by atoms with Gasteiger partial charge in [-0.25, -0.2) is 4.79 Å². The summed E-state index contributed by atoms with van der Waals surface area (Å²) in [5.41, 5.74) is 0.265. The lowest BCUT2D eigenvalue weighted by atomic mass is 10.2. The molecule has 7 nitrogen and oxygen atoms in total. The molecule has 0 aliphatic carbocycles. The number of benzene rings is 1. The van der Waals surface area contributed by atoms with Gasteiger partial charge in [-0.05, 0) is 18.6 Å². The van der Waals surface area contributed by atoms with E-state index in [9.17, 15) is 18.0 Å². The molecular formula is C13H17NO6S. The van der Waals surface area contributed by atoms with Crippen molar-refractivity contribution in [1.29, 1.82) is 0 Å². The maximum absolute atomic E-state index is 11.9. The molecular weight excluding hydrogens is 298 g/mol. The SMILES string of the molecule is CCCOC(=O)C(CS(=O)(=O)O)NC(=O)c1ccccc1. The van der Waals surface area contributed by atoms with E-state index in [1.54, 1.807) is 25.1 Å². The van der Waals surface area contributed by atoms with Gasteiger partial charge in [0.25, 0.3) is 16.0 Å². The number of nitrogens with one attached hydrogen (secondary N) is 1. The Bertz CT molecular complexity index is 584. The Morgan fingerprint density at radius 1 is 1.29 bits per heavy atom. The average Bonchev–Trinajstić information content (AvgIpc) is 2.43. The summed E-state index contributed by atoms with van der Waals surface area (Å²) in [5, 5.41) is 2.25. The van der Waals surface area contributed by atoms with Crippen LogP contribution in [0.2, 0.25) is 0 Å². The van der Waals surface area contributed by atoms with Crippen molar-refractivity contribution >= 4 is 22.0 Å². The second-order valence-corrected chi connectivity index (χ2v) is 5.81. The lowest BCUT2D eigenvalue weighted by molar-refractivity contribution is -0.145. The van der Waals surface area contributed by atoms with Crippen LogP contribution in [0.1, 0.15) is 23.7 Å². The molecule has 1 rings (SSSR count). The molecule has 0 fully saturated rings. The largest absolute Gasteiger partial charge is 0.464 e. The number of hydrogen-bond acceptors (Lipinski definition) is 5. The average molecular weight is 315 g/mol. The van der Waals surface area contributed by atoms with Gasteiger partial charge in [-0.2, -0.15) is 8.42 Å². The number of hydrogen-bond donors (Lipinski definition) is 2. The Balaban J connectivity index is 2.81. The van der Waals surface area contributed by atoms with Crippen molar-refractivity contribution in [2.45, 2.75) is 19.4 Å². The molecule has 1 atom stereocenters. The molecule has 116 valence electrons. The fraction of sp³-hybridized carbons (Fsp3) is 0.385. The van der Waals surface area contributed by atoms with Gasteiger partial charge in [-0.15, -0.1) is 0 Å². The molecule has 0 saturated carbocycles. The monoisotopic (exact) mass is 315 g/mol. The van der Waals surface area contributed by atoms with Crippen molar-refractivity contribution in [1.82, 2.24) is 5.32 Å². The molecule has 0 radical (unpaired) electrons. The Hall–Kier alpha value is -1.93. The predicted octanol–water partition coefficient (Wildman–Crippen LogP) is 0.626. The molecule has 1 aromatic carbocycles. The summed E-state index contributed by atoms with van der Waals surface area (Å²) >= 11 is 0. The first-order chi connectivity index (χ1) is 9.83. The minimum absolute atomic E-state index is 0.0992. The van der Waals surface area contributed by atoms with Crippen LogP contribution in [-0.4, -0.2) is 43.2 Å². The van der Waals surface area contributed by atoms with E-state index in [0.29, 0.717) is 6.42 Å². The van der Waals surface area contributed by atoms with Gasteiger partial charge in [0, 0.05) is 5.56 Å². The van der Waals surface area contributed by atoms with E-state index < -0.39 is 33.8 Å². The zero-order chi connectivity index (χ0) is 15.9. The minimum atomic E-state index is -4.44. The Kier molecular flexibility index (Phi) is 6.32. The summed E-state index contributed by atoms with van der Waals surface area (Å²) in [6, 6.07) is 6.53. The van der Waals surface area contributed by atoms with Crippen LogP contribution >= 0.6 is 0 Å². The minimum Gasteiger partial charge on any atom is -0.464 e. The molecule has 8 heteroatoms. The first-order valence-electron chi connectivity index (χ1n) is 6.31. The van der Waals surface area contributed by atoms with Crippen LogP contribution in [-0.2, 0) is 19.6 Å². The van der Waals surface area contributed by atoms with Crippen molar-refractivity contribution in [2.75, 3.05) is 12.4 Å². The highest BCUT2D eigenvalue weighted by Crippen LogP contribution is 2.02. The van der Waals surface area contributed by atoms with Crippen molar-refractivity contribution in [3.05, 3.63) is 35.9 Å². The standard InChI is InChI=1S/C13H17NO6S/c1-2-8-20-13(16)11(9-21(17,18)19)14-12(15)10-6-4-3-5-7-10/h3-7,11H,2,8-9H2,1H3,(H,14,15)(H,17,18,19). The van der Waals surface area contributed by atoms with Gasteiger partial charge in [0.15, 0.2) is 0 Å².